The predicted octanol–water partition coefficient (Wildman–Crippen LogP) is 1.19. The Morgan fingerprint density at radius 1 is 1.24 bits per heavy atom. The molecule has 114 valence electrons. The van der Waals surface area contributed by atoms with Crippen LogP contribution in [0.3, 0.4) is 0 Å². The zero-order chi connectivity index (χ0) is 15.8. The number of benzene rings is 1. The van der Waals surface area contributed by atoms with Crippen LogP contribution in [0.5, 0.6) is 0 Å². The van der Waals surface area contributed by atoms with Crippen molar-refractivity contribution in [2.45, 2.75) is 25.8 Å². The number of nitrogens with zero attached hydrogens (tertiary/aromatic N) is 1. The fourth-order valence-electron chi connectivity index (χ4n) is 1.90. The Morgan fingerprint density at radius 3 is 2.38 bits per heavy atom. The summed E-state index contributed by atoms with van der Waals surface area (Å²) < 4.78 is 0. The number of carboxylic acids is 1. The van der Waals surface area contributed by atoms with E-state index in [0.717, 1.165) is 5.56 Å². The number of carbonyl (C=O) groups excluding carboxylic acids is 2. The first-order valence-corrected chi connectivity index (χ1v) is 6.68. The number of hydrogen-bond acceptors (Lipinski definition) is 3. The van der Waals surface area contributed by atoms with E-state index in [2.05, 4.69) is 5.32 Å². The average molecular weight is 292 g/mol. The van der Waals surface area contributed by atoms with Gasteiger partial charge in [-0.05, 0) is 5.56 Å². The second kappa shape index (κ2) is 8.04. The molecular formula is C15H20N2O4. The van der Waals surface area contributed by atoms with Crippen LogP contribution >= 0.6 is 0 Å². The van der Waals surface area contributed by atoms with Crippen LogP contribution in [0.4, 0.5) is 0 Å². The molecular weight excluding hydrogens is 272 g/mol. The van der Waals surface area contributed by atoms with E-state index in [9.17, 15) is 14.4 Å². The van der Waals surface area contributed by atoms with Gasteiger partial charge >= 0.3 is 5.97 Å². The molecule has 0 aliphatic carbocycles. The lowest BCUT2D eigenvalue weighted by Gasteiger charge is -2.22. The number of carbonyl (C=O) groups is 3. The van der Waals surface area contributed by atoms with Gasteiger partial charge in [0.05, 0.1) is 18.9 Å². The molecule has 6 nitrogen and oxygen atoms in total. The van der Waals surface area contributed by atoms with Crippen LogP contribution in [0.1, 0.15) is 31.4 Å². The first-order valence-electron chi connectivity index (χ1n) is 6.68. The zero-order valence-electron chi connectivity index (χ0n) is 12.2. The Morgan fingerprint density at radius 2 is 1.86 bits per heavy atom. The van der Waals surface area contributed by atoms with Crippen LogP contribution in [0, 0.1) is 0 Å². The molecule has 0 fully saturated rings. The molecule has 2 amide bonds. The summed E-state index contributed by atoms with van der Waals surface area (Å²) in [5.74, 6) is -1.38. The fraction of sp³-hybridized carbons (Fsp3) is 0.400. The van der Waals surface area contributed by atoms with E-state index >= 15 is 0 Å². The van der Waals surface area contributed by atoms with Gasteiger partial charge in [-0.1, -0.05) is 30.3 Å². The monoisotopic (exact) mass is 292 g/mol. The minimum atomic E-state index is -0.948. The largest absolute Gasteiger partial charge is 0.481 e. The molecule has 0 saturated heterocycles. The molecule has 0 aliphatic rings. The molecule has 0 heterocycles. The Kier molecular flexibility index (Phi) is 6.39. The molecule has 1 atom stereocenters. The normalized spacial score (nSPS) is 11.5. The van der Waals surface area contributed by atoms with E-state index in [1.807, 2.05) is 30.3 Å². The van der Waals surface area contributed by atoms with Gasteiger partial charge in [-0.2, -0.15) is 0 Å². The molecule has 21 heavy (non-hydrogen) atoms. The van der Waals surface area contributed by atoms with E-state index in [1.54, 1.807) is 7.05 Å². The molecule has 0 aliphatic heterocycles. The van der Waals surface area contributed by atoms with Crippen LogP contribution in [-0.4, -0.2) is 41.4 Å². The lowest BCUT2D eigenvalue weighted by atomic mass is 10.0. The van der Waals surface area contributed by atoms with Crippen molar-refractivity contribution in [3.8, 4) is 0 Å². The maximum atomic E-state index is 12.1. The van der Waals surface area contributed by atoms with Gasteiger partial charge in [0.25, 0.3) is 0 Å². The van der Waals surface area contributed by atoms with Crippen LogP contribution < -0.4 is 5.32 Å². The van der Waals surface area contributed by atoms with Crippen molar-refractivity contribution in [3.63, 3.8) is 0 Å². The number of nitrogens with one attached hydrogen (secondary N) is 1. The highest BCUT2D eigenvalue weighted by atomic mass is 16.4. The molecule has 0 radical (unpaired) electrons. The predicted molar refractivity (Wildman–Crippen MR) is 77.5 cm³/mol. The zero-order valence-corrected chi connectivity index (χ0v) is 12.2. The Labute approximate surface area is 123 Å². The number of carboxylic acid groups (broad SMARTS) is 1. The highest BCUT2D eigenvalue weighted by Crippen LogP contribution is 2.17. The number of aliphatic carboxylic acids is 1. The average Bonchev–Trinajstić information content (AvgIpc) is 2.44. The van der Waals surface area contributed by atoms with E-state index in [1.165, 1.54) is 11.8 Å². The van der Waals surface area contributed by atoms with E-state index in [0.29, 0.717) is 0 Å². The maximum absolute atomic E-state index is 12.1. The second-order valence-corrected chi connectivity index (χ2v) is 4.83. The molecule has 0 spiro atoms. The van der Waals surface area contributed by atoms with Gasteiger partial charge < -0.3 is 15.3 Å². The van der Waals surface area contributed by atoms with Gasteiger partial charge in [-0.25, -0.2) is 0 Å². The summed E-state index contributed by atoms with van der Waals surface area (Å²) in [4.78, 5) is 35.3. The van der Waals surface area contributed by atoms with Gasteiger partial charge in [0, 0.05) is 20.5 Å². The quantitative estimate of drug-likeness (QED) is 0.790. The standard InChI is InChI=1S/C15H20N2O4/c1-11(18)16-13(12-6-4-3-5-7-12)10-14(19)17(2)9-8-15(20)21/h3-7,13H,8-10H2,1-2H3,(H,16,18)(H,20,21). The third-order valence-corrected chi connectivity index (χ3v) is 3.05. The highest BCUT2D eigenvalue weighted by Gasteiger charge is 2.19. The molecule has 1 aromatic carbocycles. The van der Waals surface area contributed by atoms with Gasteiger partial charge in [-0.15, -0.1) is 0 Å². The molecule has 1 aromatic rings. The third-order valence-electron chi connectivity index (χ3n) is 3.05. The Bertz CT molecular complexity index is 502. The van der Waals surface area contributed by atoms with Crippen LogP contribution in [0.2, 0.25) is 0 Å². The maximum Gasteiger partial charge on any atom is 0.305 e. The first kappa shape index (κ1) is 16.7. The van der Waals surface area contributed by atoms with Gasteiger partial charge in [0.2, 0.25) is 11.8 Å². The Balaban J connectivity index is 2.70. The molecule has 0 saturated carbocycles. The lowest BCUT2D eigenvalue weighted by Crippen LogP contribution is -2.34. The summed E-state index contributed by atoms with van der Waals surface area (Å²) in [6.07, 6.45) is -0.00189. The minimum absolute atomic E-state index is 0.0969. The van der Waals surface area contributed by atoms with Crippen LogP contribution in [0.25, 0.3) is 0 Å². The second-order valence-electron chi connectivity index (χ2n) is 4.83. The van der Waals surface area contributed by atoms with Gasteiger partial charge in [0.1, 0.15) is 0 Å². The SMILES string of the molecule is CC(=O)NC(CC(=O)N(C)CCC(=O)O)c1ccccc1. The summed E-state index contributed by atoms with van der Waals surface area (Å²) >= 11 is 0. The summed E-state index contributed by atoms with van der Waals surface area (Å²) in [6, 6.07) is 8.79. The topological polar surface area (TPSA) is 86.7 Å². The van der Waals surface area contributed by atoms with Crippen molar-refractivity contribution in [1.29, 1.82) is 0 Å². The molecule has 6 heteroatoms. The van der Waals surface area contributed by atoms with Crippen molar-refractivity contribution < 1.29 is 19.5 Å². The van der Waals surface area contributed by atoms with Crippen LogP contribution in [0.15, 0.2) is 30.3 Å². The van der Waals surface area contributed by atoms with Crippen molar-refractivity contribution in [3.05, 3.63) is 35.9 Å². The van der Waals surface area contributed by atoms with Gasteiger partial charge in [0.15, 0.2) is 0 Å². The lowest BCUT2D eigenvalue weighted by molar-refractivity contribution is -0.138. The first-order chi connectivity index (χ1) is 9.90. The van der Waals surface area contributed by atoms with Crippen molar-refractivity contribution in [1.82, 2.24) is 10.2 Å². The number of amides is 2. The van der Waals surface area contributed by atoms with E-state index in [-0.39, 0.29) is 31.2 Å². The summed E-state index contributed by atoms with van der Waals surface area (Å²) in [5.41, 5.74) is 0.840. The highest BCUT2D eigenvalue weighted by molar-refractivity contribution is 5.79. The molecule has 1 rings (SSSR count). The third kappa shape index (κ3) is 6.07. The van der Waals surface area contributed by atoms with Crippen LogP contribution in [-0.2, 0) is 14.4 Å². The van der Waals surface area contributed by atoms with Crippen molar-refractivity contribution in [2.24, 2.45) is 0 Å². The molecule has 2 N–H and O–H groups in total. The summed E-state index contributed by atoms with van der Waals surface area (Å²) in [6.45, 7) is 1.55. The van der Waals surface area contributed by atoms with E-state index in [4.69, 9.17) is 5.11 Å². The van der Waals surface area contributed by atoms with E-state index < -0.39 is 12.0 Å². The van der Waals surface area contributed by atoms with Gasteiger partial charge in [-0.3, -0.25) is 14.4 Å². The van der Waals surface area contributed by atoms with Crippen molar-refractivity contribution >= 4 is 17.8 Å². The summed E-state index contributed by atoms with van der Waals surface area (Å²) in [5, 5.41) is 11.4. The number of hydrogen-bond donors (Lipinski definition) is 2. The van der Waals surface area contributed by atoms with Crippen molar-refractivity contribution in [2.75, 3.05) is 13.6 Å². The number of rotatable bonds is 7. The molecule has 1 unspecified atom stereocenters. The Hall–Kier alpha value is -2.37. The summed E-state index contributed by atoms with van der Waals surface area (Å²) in [7, 11) is 1.56. The molecule has 0 bridgehead atoms. The molecule has 0 aromatic heterocycles. The smallest absolute Gasteiger partial charge is 0.305 e. The minimum Gasteiger partial charge on any atom is -0.481 e. The fourth-order valence-corrected chi connectivity index (χ4v) is 1.90.